The molecule has 10 heteroatoms. The summed E-state index contributed by atoms with van der Waals surface area (Å²) in [4.78, 5) is 16.9. The van der Waals surface area contributed by atoms with E-state index >= 15 is 0 Å². The number of rotatable bonds is 3. The van der Waals surface area contributed by atoms with Gasteiger partial charge in [0.15, 0.2) is 0 Å². The van der Waals surface area contributed by atoms with E-state index in [-0.39, 0.29) is 0 Å². The lowest BCUT2D eigenvalue weighted by Gasteiger charge is -2.37. The van der Waals surface area contributed by atoms with Crippen LogP contribution < -0.4 is 0 Å². The zero-order chi connectivity index (χ0) is 12.5. The standard InChI is InChI=1S/C6H13O8PS/c7-3-2(1-14-15(11,12)13)16-6(10)5(9)4(3)8/h2-10H,1H2,(H2,11,12,13)/t2-,3+,4+,5+,6-/m0/s1. The van der Waals surface area contributed by atoms with E-state index in [9.17, 15) is 25.0 Å². The van der Waals surface area contributed by atoms with Crippen molar-refractivity contribution in [2.24, 2.45) is 0 Å². The fraction of sp³-hybridized carbons (Fsp3) is 1.00. The van der Waals surface area contributed by atoms with E-state index in [0.717, 1.165) is 0 Å². The molecule has 0 bridgehead atoms. The Labute approximate surface area is 95.1 Å². The zero-order valence-electron chi connectivity index (χ0n) is 7.95. The number of hydrogen-bond acceptors (Lipinski definition) is 7. The topological polar surface area (TPSA) is 148 Å². The van der Waals surface area contributed by atoms with E-state index in [4.69, 9.17) is 9.79 Å². The van der Waals surface area contributed by atoms with Crippen LogP contribution >= 0.6 is 19.6 Å². The van der Waals surface area contributed by atoms with Crippen molar-refractivity contribution in [3.63, 3.8) is 0 Å². The summed E-state index contributed by atoms with van der Waals surface area (Å²) in [6, 6.07) is 0. The van der Waals surface area contributed by atoms with Gasteiger partial charge >= 0.3 is 7.82 Å². The number of thioether (sulfide) groups is 1. The third kappa shape index (κ3) is 3.66. The maximum Gasteiger partial charge on any atom is 0.469 e. The first-order chi connectivity index (χ1) is 7.22. The first kappa shape index (κ1) is 14.4. The van der Waals surface area contributed by atoms with Crippen molar-refractivity contribution in [3.8, 4) is 0 Å². The first-order valence-corrected chi connectivity index (χ1v) is 6.77. The molecule has 0 unspecified atom stereocenters. The van der Waals surface area contributed by atoms with Crippen LogP contribution in [0.3, 0.4) is 0 Å². The molecule has 5 atom stereocenters. The maximum atomic E-state index is 10.4. The summed E-state index contributed by atoms with van der Waals surface area (Å²) in [6.45, 7) is -0.545. The predicted octanol–water partition coefficient (Wildman–Crippen LogP) is -2.39. The van der Waals surface area contributed by atoms with Gasteiger partial charge in [-0.25, -0.2) is 4.57 Å². The number of aliphatic hydroxyl groups excluding tert-OH is 4. The summed E-state index contributed by atoms with van der Waals surface area (Å²) < 4.78 is 14.6. The van der Waals surface area contributed by atoms with Crippen LogP contribution in [0.1, 0.15) is 0 Å². The van der Waals surface area contributed by atoms with E-state index < -0.39 is 43.4 Å². The van der Waals surface area contributed by atoms with E-state index in [2.05, 4.69) is 4.52 Å². The quantitative estimate of drug-likeness (QED) is 0.310. The molecule has 0 amide bonds. The first-order valence-electron chi connectivity index (χ1n) is 4.30. The van der Waals surface area contributed by atoms with Crippen LogP contribution in [0.4, 0.5) is 0 Å². The van der Waals surface area contributed by atoms with Gasteiger partial charge in [-0.1, -0.05) is 0 Å². The second-order valence-corrected chi connectivity index (χ2v) is 5.92. The number of aliphatic hydroxyl groups is 4. The molecule has 1 aliphatic rings. The molecule has 96 valence electrons. The summed E-state index contributed by atoms with van der Waals surface area (Å²) >= 11 is 0.674. The lowest BCUT2D eigenvalue weighted by molar-refractivity contribution is -0.0951. The van der Waals surface area contributed by atoms with Crippen LogP contribution in [0.5, 0.6) is 0 Å². The third-order valence-electron chi connectivity index (χ3n) is 2.09. The Kier molecular flexibility index (Phi) is 4.76. The Morgan fingerprint density at radius 2 is 1.62 bits per heavy atom. The Bertz CT molecular complexity index is 282. The highest BCUT2D eigenvalue weighted by molar-refractivity contribution is 8.00. The number of hydrogen-bond donors (Lipinski definition) is 6. The summed E-state index contributed by atoms with van der Waals surface area (Å²) in [6.07, 6.45) is -4.53. The molecule has 1 rings (SSSR count). The number of phosphoric ester groups is 1. The molecule has 8 nitrogen and oxygen atoms in total. The SMILES string of the molecule is O=P(O)(O)OC[C@@H]1S[C@H](O)[C@H](O)[C@H](O)[C@@H]1O. The molecule has 1 aliphatic heterocycles. The van der Waals surface area contributed by atoms with E-state index in [1.165, 1.54) is 0 Å². The van der Waals surface area contributed by atoms with Gasteiger partial charge in [0, 0.05) is 0 Å². The molecule has 16 heavy (non-hydrogen) atoms. The molecule has 1 fully saturated rings. The van der Waals surface area contributed by atoms with E-state index in [0.29, 0.717) is 11.8 Å². The van der Waals surface area contributed by atoms with E-state index in [1.54, 1.807) is 0 Å². The fourth-order valence-corrected chi connectivity index (χ4v) is 2.84. The molecule has 6 N–H and O–H groups in total. The zero-order valence-corrected chi connectivity index (χ0v) is 9.66. The van der Waals surface area contributed by atoms with Crippen LogP contribution in [0.15, 0.2) is 0 Å². The highest BCUT2D eigenvalue weighted by Gasteiger charge is 2.43. The minimum Gasteiger partial charge on any atom is -0.389 e. The average Bonchev–Trinajstić information content (AvgIpc) is 2.17. The van der Waals surface area contributed by atoms with Crippen molar-refractivity contribution in [2.75, 3.05) is 6.61 Å². The van der Waals surface area contributed by atoms with Crippen molar-refractivity contribution in [3.05, 3.63) is 0 Å². The van der Waals surface area contributed by atoms with Crippen molar-refractivity contribution >= 4 is 19.6 Å². The van der Waals surface area contributed by atoms with Gasteiger partial charge in [-0.15, -0.1) is 11.8 Å². The van der Waals surface area contributed by atoms with Gasteiger partial charge in [-0.2, -0.15) is 0 Å². The second-order valence-electron chi connectivity index (χ2n) is 3.32. The Morgan fingerprint density at radius 3 is 2.12 bits per heavy atom. The molecule has 0 radical (unpaired) electrons. The maximum absolute atomic E-state index is 10.4. The fourth-order valence-electron chi connectivity index (χ4n) is 1.24. The van der Waals surface area contributed by atoms with Crippen molar-refractivity contribution in [1.82, 2.24) is 0 Å². The number of phosphoric acid groups is 1. The summed E-state index contributed by atoms with van der Waals surface area (Å²) in [7, 11) is -4.66. The third-order valence-corrected chi connectivity index (χ3v) is 3.90. The highest BCUT2D eigenvalue weighted by atomic mass is 32.2. The van der Waals surface area contributed by atoms with Gasteiger partial charge in [0.1, 0.15) is 17.6 Å². The van der Waals surface area contributed by atoms with Gasteiger partial charge in [-0.05, 0) is 0 Å². The molecule has 0 spiro atoms. The largest absolute Gasteiger partial charge is 0.469 e. The van der Waals surface area contributed by atoms with E-state index in [1.807, 2.05) is 0 Å². The minimum absolute atomic E-state index is 0.545. The van der Waals surface area contributed by atoms with Gasteiger partial charge in [0.05, 0.1) is 18.0 Å². The van der Waals surface area contributed by atoms with Crippen LogP contribution in [0.25, 0.3) is 0 Å². The van der Waals surface area contributed by atoms with Crippen molar-refractivity contribution < 1.29 is 39.3 Å². The molecule has 0 aromatic carbocycles. The van der Waals surface area contributed by atoms with Crippen molar-refractivity contribution in [1.29, 1.82) is 0 Å². The molecule has 0 aromatic rings. The minimum atomic E-state index is -4.66. The highest BCUT2D eigenvalue weighted by Crippen LogP contribution is 2.39. The van der Waals surface area contributed by atoms with Crippen LogP contribution in [0, 0.1) is 0 Å². The smallest absolute Gasteiger partial charge is 0.389 e. The van der Waals surface area contributed by atoms with Gasteiger partial charge in [0.2, 0.25) is 0 Å². The Balaban J connectivity index is 2.57. The van der Waals surface area contributed by atoms with Gasteiger partial charge < -0.3 is 30.2 Å². The summed E-state index contributed by atoms with van der Waals surface area (Å²) in [5.74, 6) is 0. The molecular weight excluding hydrogens is 263 g/mol. The monoisotopic (exact) mass is 276 g/mol. The molecule has 1 heterocycles. The average molecular weight is 276 g/mol. The van der Waals surface area contributed by atoms with Crippen LogP contribution in [-0.2, 0) is 9.09 Å². The lowest BCUT2D eigenvalue weighted by atomic mass is 10.0. The van der Waals surface area contributed by atoms with Gasteiger partial charge in [-0.3, -0.25) is 4.52 Å². The normalized spacial score (nSPS) is 41.0. The summed E-state index contributed by atoms with van der Waals surface area (Å²) in [5, 5.41) is 36.3. The second kappa shape index (κ2) is 5.30. The van der Waals surface area contributed by atoms with Crippen LogP contribution in [-0.4, -0.2) is 65.8 Å². The van der Waals surface area contributed by atoms with Gasteiger partial charge in [0.25, 0.3) is 0 Å². The predicted molar refractivity (Wildman–Crippen MR) is 53.4 cm³/mol. The molecule has 0 saturated carbocycles. The summed E-state index contributed by atoms with van der Waals surface area (Å²) in [5.41, 5.74) is -1.34. The lowest BCUT2D eigenvalue weighted by Crippen LogP contribution is -2.54. The Morgan fingerprint density at radius 1 is 1.06 bits per heavy atom. The molecular formula is C6H13O8PS. The Hall–Kier alpha value is 0.300. The molecule has 0 aliphatic carbocycles. The molecule has 1 saturated heterocycles. The van der Waals surface area contributed by atoms with Crippen molar-refractivity contribution in [2.45, 2.75) is 29.0 Å². The molecule has 0 aromatic heterocycles. The van der Waals surface area contributed by atoms with Crippen LogP contribution in [0.2, 0.25) is 0 Å².